The van der Waals surface area contributed by atoms with Crippen molar-refractivity contribution in [3.8, 4) is 0 Å². The lowest BCUT2D eigenvalue weighted by molar-refractivity contribution is -0.123. The molecule has 3 heteroatoms. The normalized spacial score (nSPS) is 30.8. The first-order chi connectivity index (χ1) is 9.16. The predicted molar refractivity (Wildman–Crippen MR) is 78.9 cm³/mol. The number of rotatable bonds is 4. The van der Waals surface area contributed by atoms with E-state index in [4.69, 9.17) is 0 Å². The van der Waals surface area contributed by atoms with Gasteiger partial charge in [-0.15, -0.1) is 0 Å². The van der Waals surface area contributed by atoms with E-state index in [0.29, 0.717) is 24.3 Å². The molecule has 0 radical (unpaired) electrons. The summed E-state index contributed by atoms with van der Waals surface area (Å²) in [4.78, 5) is 12.2. The smallest absolute Gasteiger partial charge is 0.220 e. The van der Waals surface area contributed by atoms with Gasteiger partial charge in [-0.2, -0.15) is 0 Å². The molecule has 1 aliphatic heterocycles. The minimum atomic E-state index is 0.282. The lowest BCUT2D eigenvalue weighted by Gasteiger charge is -2.31. The lowest BCUT2D eigenvalue weighted by Crippen LogP contribution is -2.42. The van der Waals surface area contributed by atoms with Gasteiger partial charge in [-0.05, 0) is 56.5 Å². The van der Waals surface area contributed by atoms with Gasteiger partial charge in [-0.3, -0.25) is 4.79 Å². The quantitative estimate of drug-likeness (QED) is 0.821. The summed E-state index contributed by atoms with van der Waals surface area (Å²) in [5.41, 5.74) is 0. The number of amides is 1. The van der Waals surface area contributed by atoms with Crippen LogP contribution in [0.15, 0.2) is 0 Å². The highest BCUT2D eigenvalue weighted by atomic mass is 16.1. The van der Waals surface area contributed by atoms with Crippen molar-refractivity contribution in [2.45, 2.75) is 64.8 Å². The largest absolute Gasteiger partial charge is 0.353 e. The maximum absolute atomic E-state index is 12.2. The minimum Gasteiger partial charge on any atom is -0.353 e. The van der Waals surface area contributed by atoms with Crippen LogP contribution in [-0.4, -0.2) is 25.0 Å². The molecule has 0 bridgehead atoms. The fraction of sp³-hybridized carbons (Fsp3) is 0.938. The van der Waals surface area contributed by atoms with Crippen molar-refractivity contribution in [1.82, 2.24) is 10.6 Å². The second-order valence-corrected chi connectivity index (χ2v) is 6.70. The van der Waals surface area contributed by atoms with Crippen LogP contribution >= 0.6 is 0 Å². The molecular formula is C16H30N2O. The van der Waals surface area contributed by atoms with Crippen molar-refractivity contribution in [2.24, 2.45) is 17.8 Å². The van der Waals surface area contributed by atoms with Gasteiger partial charge in [0.15, 0.2) is 0 Å². The van der Waals surface area contributed by atoms with Crippen LogP contribution in [-0.2, 0) is 4.79 Å². The Kier molecular flexibility index (Phi) is 5.68. The first kappa shape index (κ1) is 14.8. The van der Waals surface area contributed by atoms with E-state index < -0.39 is 0 Å². The Morgan fingerprint density at radius 2 is 1.89 bits per heavy atom. The third kappa shape index (κ3) is 4.48. The maximum Gasteiger partial charge on any atom is 0.220 e. The Morgan fingerprint density at radius 1 is 1.21 bits per heavy atom. The highest BCUT2D eigenvalue weighted by Gasteiger charge is 2.25. The Labute approximate surface area is 117 Å². The Bertz CT molecular complexity index is 286. The molecule has 3 unspecified atom stereocenters. The van der Waals surface area contributed by atoms with E-state index in [9.17, 15) is 4.79 Å². The molecule has 3 nitrogen and oxygen atoms in total. The molecule has 2 fully saturated rings. The average molecular weight is 266 g/mol. The summed E-state index contributed by atoms with van der Waals surface area (Å²) >= 11 is 0. The van der Waals surface area contributed by atoms with E-state index in [1.165, 1.54) is 38.5 Å². The number of hydrogen-bond donors (Lipinski definition) is 2. The third-order valence-electron chi connectivity index (χ3n) is 5.15. The van der Waals surface area contributed by atoms with Gasteiger partial charge in [0.05, 0.1) is 0 Å². The standard InChI is InChI=1S/C16H30N2O/c1-12-5-3-4-6-15(12)18-16(19)11-13(2)14-7-9-17-10-8-14/h12-15,17H,3-11H2,1-2H3,(H,18,19). The van der Waals surface area contributed by atoms with Crippen molar-refractivity contribution in [3.63, 3.8) is 0 Å². The highest BCUT2D eigenvalue weighted by Crippen LogP contribution is 2.26. The number of piperidine rings is 1. The van der Waals surface area contributed by atoms with Gasteiger partial charge in [-0.1, -0.05) is 26.7 Å². The first-order valence-electron chi connectivity index (χ1n) is 8.17. The van der Waals surface area contributed by atoms with E-state index in [2.05, 4.69) is 24.5 Å². The van der Waals surface area contributed by atoms with E-state index in [-0.39, 0.29) is 5.91 Å². The molecule has 0 aromatic heterocycles. The molecule has 1 amide bonds. The van der Waals surface area contributed by atoms with Crippen molar-refractivity contribution in [2.75, 3.05) is 13.1 Å². The lowest BCUT2D eigenvalue weighted by atomic mass is 9.83. The van der Waals surface area contributed by atoms with E-state index in [1.54, 1.807) is 0 Å². The average Bonchev–Trinajstić information content (AvgIpc) is 2.42. The van der Waals surface area contributed by atoms with Gasteiger partial charge in [0.2, 0.25) is 5.91 Å². The summed E-state index contributed by atoms with van der Waals surface area (Å²) in [6.07, 6.45) is 8.23. The molecule has 3 atom stereocenters. The second-order valence-electron chi connectivity index (χ2n) is 6.70. The molecule has 1 aliphatic carbocycles. The molecule has 2 N–H and O–H groups in total. The Morgan fingerprint density at radius 3 is 2.58 bits per heavy atom. The number of carbonyl (C=O) groups excluding carboxylic acids is 1. The van der Waals surface area contributed by atoms with Gasteiger partial charge < -0.3 is 10.6 Å². The fourth-order valence-corrected chi connectivity index (χ4v) is 3.67. The summed E-state index contributed by atoms with van der Waals surface area (Å²) in [5, 5.41) is 6.68. The fourth-order valence-electron chi connectivity index (χ4n) is 3.67. The summed E-state index contributed by atoms with van der Waals surface area (Å²) < 4.78 is 0. The molecule has 2 aliphatic rings. The summed E-state index contributed by atoms with van der Waals surface area (Å²) in [6, 6.07) is 0.432. The highest BCUT2D eigenvalue weighted by molar-refractivity contribution is 5.76. The number of carbonyl (C=O) groups is 1. The monoisotopic (exact) mass is 266 g/mol. The molecule has 19 heavy (non-hydrogen) atoms. The molecule has 110 valence electrons. The van der Waals surface area contributed by atoms with Gasteiger partial charge >= 0.3 is 0 Å². The van der Waals surface area contributed by atoms with Crippen LogP contribution in [0.3, 0.4) is 0 Å². The zero-order valence-corrected chi connectivity index (χ0v) is 12.6. The molecular weight excluding hydrogens is 236 g/mol. The van der Waals surface area contributed by atoms with Crippen molar-refractivity contribution in [3.05, 3.63) is 0 Å². The van der Waals surface area contributed by atoms with E-state index >= 15 is 0 Å². The minimum absolute atomic E-state index is 0.282. The first-order valence-corrected chi connectivity index (χ1v) is 8.17. The van der Waals surface area contributed by atoms with Gasteiger partial charge in [0.25, 0.3) is 0 Å². The zero-order valence-electron chi connectivity index (χ0n) is 12.6. The van der Waals surface area contributed by atoms with Crippen LogP contribution in [0.4, 0.5) is 0 Å². The van der Waals surface area contributed by atoms with Crippen LogP contribution < -0.4 is 10.6 Å². The molecule has 0 spiro atoms. The number of hydrogen-bond acceptors (Lipinski definition) is 2. The predicted octanol–water partition coefficient (Wildman–Crippen LogP) is 2.71. The molecule has 1 saturated heterocycles. The van der Waals surface area contributed by atoms with E-state index in [0.717, 1.165) is 19.0 Å². The van der Waals surface area contributed by atoms with Crippen molar-refractivity contribution < 1.29 is 4.79 Å². The second kappa shape index (κ2) is 7.28. The summed E-state index contributed by atoms with van der Waals surface area (Å²) in [7, 11) is 0. The van der Waals surface area contributed by atoms with Crippen molar-refractivity contribution >= 4 is 5.91 Å². The van der Waals surface area contributed by atoms with Crippen LogP contribution in [0.5, 0.6) is 0 Å². The molecule has 1 saturated carbocycles. The third-order valence-corrected chi connectivity index (χ3v) is 5.15. The molecule has 1 heterocycles. The van der Waals surface area contributed by atoms with Crippen LogP contribution in [0, 0.1) is 17.8 Å². The Hall–Kier alpha value is -0.570. The number of nitrogens with one attached hydrogen (secondary N) is 2. The zero-order chi connectivity index (χ0) is 13.7. The van der Waals surface area contributed by atoms with Crippen LogP contribution in [0.25, 0.3) is 0 Å². The Balaban J connectivity index is 1.73. The maximum atomic E-state index is 12.2. The van der Waals surface area contributed by atoms with Crippen molar-refractivity contribution in [1.29, 1.82) is 0 Å². The van der Waals surface area contributed by atoms with E-state index in [1.807, 2.05) is 0 Å². The SMILES string of the molecule is CC(CC(=O)NC1CCCCC1C)C1CCNCC1. The molecule has 2 rings (SSSR count). The summed E-state index contributed by atoms with van der Waals surface area (Å²) in [5.74, 6) is 2.20. The topological polar surface area (TPSA) is 41.1 Å². The molecule has 0 aromatic rings. The molecule has 0 aromatic carbocycles. The van der Waals surface area contributed by atoms with Gasteiger partial charge in [-0.25, -0.2) is 0 Å². The van der Waals surface area contributed by atoms with Gasteiger partial charge in [0.1, 0.15) is 0 Å². The van der Waals surface area contributed by atoms with Crippen LogP contribution in [0.1, 0.15) is 58.8 Å². The van der Waals surface area contributed by atoms with Crippen LogP contribution in [0.2, 0.25) is 0 Å². The summed E-state index contributed by atoms with van der Waals surface area (Å²) in [6.45, 7) is 6.77. The van der Waals surface area contributed by atoms with Gasteiger partial charge in [0, 0.05) is 12.5 Å².